The monoisotopic (exact) mass is 358 g/mol. The smallest absolute Gasteiger partial charge is 0.220 e. The summed E-state index contributed by atoms with van der Waals surface area (Å²) >= 11 is 1.63. The first-order valence-corrected chi connectivity index (χ1v) is 9.25. The number of nitrogens with zero attached hydrogens (tertiary/aromatic N) is 2. The second-order valence-electron chi connectivity index (χ2n) is 6.78. The molecule has 25 heavy (non-hydrogen) atoms. The second-order valence-corrected chi connectivity index (χ2v) is 7.60. The van der Waals surface area contributed by atoms with Crippen LogP contribution in [0.5, 0.6) is 0 Å². The van der Waals surface area contributed by atoms with Gasteiger partial charge in [-0.25, -0.2) is 0 Å². The van der Waals surface area contributed by atoms with Crippen LogP contribution in [0.1, 0.15) is 31.3 Å². The highest BCUT2D eigenvalue weighted by Crippen LogP contribution is 2.34. The summed E-state index contributed by atoms with van der Waals surface area (Å²) in [7, 11) is 0. The van der Waals surface area contributed by atoms with Crippen LogP contribution in [-0.4, -0.2) is 39.0 Å². The molecular weight excluding hydrogens is 336 g/mol. The van der Waals surface area contributed by atoms with Gasteiger partial charge in [0.05, 0.1) is 18.0 Å². The predicted molar refractivity (Wildman–Crippen MR) is 99.0 cm³/mol. The van der Waals surface area contributed by atoms with Crippen LogP contribution in [0.15, 0.2) is 52.0 Å². The lowest BCUT2D eigenvalue weighted by atomic mass is 9.90. The summed E-state index contributed by atoms with van der Waals surface area (Å²) in [4.78, 5) is 14.6. The number of thioether (sulfide) groups is 1. The summed E-state index contributed by atoms with van der Waals surface area (Å²) in [5.41, 5.74) is 1.71. The Labute approximate surface area is 151 Å². The van der Waals surface area contributed by atoms with Crippen LogP contribution < -0.4 is 0 Å². The molecule has 1 atom stereocenters. The first kappa shape index (κ1) is 17.8. The lowest BCUT2D eigenvalue weighted by Gasteiger charge is -2.32. The van der Waals surface area contributed by atoms with Crippen molar-refractivity contribution in [1.29, 1.82) is 0 Å². The molecule has 1 N–H and O–H groups in total. The van der Waals surface area contributed by atoms with Crippen LogP contribution in [0.2, 0.25) is 0 Å². The zero-order chi connectivity index (χ0) is 18.0. The maximum absolute atomic E-state index is 12.6. The van der Waals surface area contributed by atoms with Gasteiger partial charge in [0.1, 0.15) is 5.69 Å². The van der Waals surface area contributed by atoms with Crippen molar-refractivity contribution in [2.24, 2.45) is 5.92 Å². The molecule has 5 nitrogen and oxygen atoms in total. The second kappa shape index (κ2) is 7.06. The van der Waals surface area contributed by atoms with Crippen LogP contribution in [0.25, 0.3) is 11.3 Å². The average Bonchev–Trinajstić information content (AvgIpc) is 3.23. The van der Waals surface area contributed by atoms with Crippen molar-refractivity contribution in [3.05, 3.63) is 53.3 Å². The number of rotatable bonds is 6. The van der Waals surface area contributed by atoms with E-state index in [0.29, 0.717) is 11.6 Å². The van der Waals surface area contributed by atoms with Crippen molar-refractivity contribution in [3.8, 4) is 11.3 Å². The number of carbonyl (C=O) groups excluding carboxylic acids is 1. The number of carbonyl (C=O) groups is 1. The van der Waals surface area contributed by atoms with E-state index in [-0.39, 0.29) is 24.0 Å². The first-order valence-electron chi connectivity index (χ1n) is 8.20. The van der Waals surface area contributed by atoms with Gasteiger partial charge in [0.2, 0.25) is 11.5 Å². The van der Waals surface area contributed by atoms with Crippen molar-refractivity contribution >= 4 is 17.5 Å². The summed E-state index contributed by atoms with van der Waals surface area (Å²) in [5.74, 6) is 0.767. The molecule has 0 saturated carbocycles. The summed E-state index contributed by atoms with van der Waals surface area (Å²) in [6.07, 6.45) is 0. The van der Waals surface area contributed by atoms with Crippen molar-refractivity contribution in [3.63, 3.8) is 0 Å². The van der Waals surface area contributed by atoms with Gasteiger partial charge >= 0.3 is 0 Å². The molecule has 0 bridgehead atoms. The quantitative estimate of drug-likeness (QED) is 0.793. The maximum Gasteiger partial charge on any atom is 0.220 e. The lowest BCUT2D eigenvalue weighted by molar-refractivity contribution is 0.0297. The van der Waals surface area contributed by atoms with E-state index in [1.807, 2.05) is 47.6 Å². The zero-order valence-electron chi connectivity index (χ0n) is 14.6. The molecule has 3 rings (SSSR count). The highest BCUT2D eigenvalue weighted by molar-refractivity contribution is 8.02. The highest BCUT2D eigenvalue weighted by Gasteiger charge is 2.32. The van der Waals surface area contributed by atoms with Crippen molar-refractivity contribution in [2.45, 2.75) is 26.4 Å². The molecule has 132 valence electrons. The van der Waals surface area contributed by atoms with Gasteiger partial charge < -0.3 is 14.5 Å². The molecule has 0 radical (unpaired) electrons. The third kappa shape index (κ3) is 3.96. The fraction of sp³-hybridized carbons (Fsp3) is 0.368. The molecule has 0 fully saturated rings. The molecular formula is C19H22N2O3S. The Morgan fingerprint density at radius 3 is 2.80 bits per heavy atom. The predicted octanol–water partition coefficient (Wildman–Crippen LogP) is 3.78. The minimum Gasteiger partial charge on any atom is -0.390 e. The molecule has 1 aliphatic rings. The Balaban J connectivity index is 1.71. The van der Waals surface area contributed by atoms with E-state index < -0.39 is 5.60 Å². The zero-order valence-corrected chi connectivity index (χ0v) is 15.4. The number of ketones is 1. The number of benzene rings is 1. The van der Waals surface area contributed by atoms with E-state index in [1.54, 1.807) is 31.7 Å². The Kier molecular flexibility index (Phi) is 5.01. The Morgan fingerprint density at radius 1 is 1.40 bits per heavy atom. The number of aromatic nitrogens is 1. The van der Waals surface area contributed by atoms with Gasteiger partial charge in [-0.15, -0.1) is 11.8 Å². The van der Waals surface area contributed by atoms with E-state index in [4.69, 9.17) is 4.52 Å². The van der Waals surface area contributed by atoms with E-state index in [0.717, 1.165) is 11.3 Å². The van der Waals surface area contributed by atoms with Gasteiger partial charge in [0.15, 0.2) is 0 Å². The third-order valence-corrected chi connectivity index (χ3v) is 5.36. The minimum absolute atomic E-state index is 0.0649. The average molecular weight is 358 g/mol. The van der Waals surface area contributed by atoms with Crippen LogP contribution in [0.4, 0.5) is 0 Å². The van der Waals surface area contributed by atoms with Crippen LogP contribution in [0, 0.1) is 5.92 Å². The van der Waals surface area contributed by atoms with Crippen molar-refractivity contribution < 1.29 is 14.4 Å². The summed E-state index contributed by atoms with van der Waals surface area (Å²) in [6, 6.07) is 11.3. The standard InChI is InChI=1S/C19H22N2O3S/c1-13(19(2,3)23)16-11-25-12-21(16)10-17(22)18-9-15(20-24-18)14-7-5-4-6-8-14/h4-9,11,13,23H,10,12H2,1-3H3. The SMILES string of the molecule is CC(C1=CSCN1CC(=O)c1cc(-c2ccccc2)no1)C(C)(C)O. The van der Waals surface area contributed by atoms with Crippen LogP contribution in [0.3, 0.4) is 0 Å². The fourth-order valence-corrected chi connectivity index (χ4v) is 3.66. The Hall–Kier alpha value is -2.05. The molecule has 1 aliphatic heterocycles. The molecule has 1 aromatic heterocycles. The molecule has 1 unspecified atom stereocenters. The van der Waals surface area contributed by atoms with Gasteiger partial charge in [-0.3, -0.25) is 4.79 Å². The van der Waals surface area contributed by atoms with Crippen LogP contribution in [-0.2, 0) is 0 Å². The van der Waals surface area contributed by atoms with Crippen molar-refractivity contribution in [2.75, 3.05) is 12.4 Å². The van der Waals surface area contributed by atoms with Gasteiger partial charge in [0, 0.05) is 23.2 Å². The Bertz CT molecular complexity index is 777. The topological polar surface area (TPSA) is 66.6 Å². The summed E-state index contributed by atoms with van der Waals surface area (Å²) in [5, 5.41) is 16.3. The highest BCUT2D eigenvalue weighted by atomic mass is 32.2. The molecule has 0 amide bonds. The number of aliphatic hydroxyl groups is 1. The Morgan fingerprint density at radius 2 is 2.12 bits per heavy atom. The molecule has 0 aliphatic carbocycles. The molecule has 1 aromatic carbocycles. The number of Topliss-reactive ketones (excluding diaryl/α,β-unsaturated/α-hetero) is 1. The molecule has 0 spiro atoms. The van der Waals surface area contributed by atoms with E-state index in [9.17, 15) is 9.90 Å². The summed E-state index contributed by atoms with van der Waals surface area (Å²) < 4.78 is 5.25. The molecule has 6 heteroatoms. The van der Waals surface area contributed by atoms with E-state index in [2.05, 4.69) is 5.16 Å². The van der Waals surface area contributed by atoms with E-state index in [1.165, 1.54) is 0 Å². The largest absolute Gasteiger partial charge is 0.390 e. The van der Waals surface area contributed by atoms with Gasteiger partial charge in [-0.2, -0.15) is 0 Å². The normalized spacial score (nSPS) is 16.0. The maximum atomic E-state index is 12.6. The fourth-order valence-electron chi connectivity index (χ4n) is 2.64. The van der Waals surface area contributed by atoms with Gasteiger partial charge in [0.25, 0.3) is 0 Å². The minimum atomic E-state index is -0.843. The third-order valence-electron chi connectivity index (χ3n) is 4.49. The number of hydrogen-bond donors (Lipinski definition) is 1. The molecule has 2 heterocycles. The van der Waals surface area contributed by atoms with Crippen molar-refractivity contribution in [1.82, 2.24) is 10.1 Å². The summed E-state index contributed by atoms with van der Waals surface area (Å²) in [6.45, 7) is 5.74. The molecule has 0 saturated heterocycles. The van der Waals surface area contributed by atoms with Gasteiger partial charge in [-0.05, 0) is 19.3 Å². The first-order chi connectivity index (χ1) is 11.9. The lowest BCUT2D eigenvalue weighted by Crippen LogP contribution is -2.37. The van der Waals surface area contributed by atoms with Gasteiger partial charge in [-0.1, -0.05) is 42.4 Å². The number of hydrogen-bond acceptors (Lipinski definition) is 6. The van der Waals surface area contributed by atoms with Crippen LogP contribution >= 0.6 is 11.8 Å². The van der Waals surface area contributed by atoms with E-state index >= 15 is 0 Å². The molecule has 2 aromatic rings.